The third-order valence-corrected chi connectivity index (χ3v) is 6.72. The van der Waals surface area contributed by atoms with E-state index in [1.54, 1.807) is 37.3 Å². The van der Waals surface area contributed by atoms with Crippen LogP contribution in [-0.2, 0) is 14.3 Å². The van der Waals surface area contributed by atoms with Gasteiger partial charge in [-0.2, -0.15) is 0 Å². The molecule has 0 aromatic heterocycles. The van der Waals surface area contributed by atoms with Gasteiger partial charge in [0.05, 0.1) is 22.1 Å². The number of ether oxygens (including phenoxy) is 3. The topological polar surface area (TPSA) is 111 Å². The lowest BCUT2D eigenvalue weighted by atomic mass is 10.2. The molecule has 3 aromatic rings. The summed E-state index contributed by atoms with van der Waals surface area (Å²) in [4.78, 5) is 51.3. The number of para-hydroxylation sites is 2. The lowest BCUT2D eigenvalue weighted by Crippen LogP contribution is -2.36. The van der Waals surface area contributed by atoms with E-state index in [1.807, 2.05) is 30.3 Å². The van der Waals surface area contributed by atoms with Crippen molar-refractivity contribution in [2.75, 3.05) is 31.7 Å². The van der Waals surface area contributed by atoms with Crippen molar-refractivity contribution in [3.8, 4) is 11.5 Å². The molecule has 0 spiro atoms. The fraction of sp³-hybridized carbons (Fsp3) is 0.172. The van der Waals surface area contributed by atoms with Crippen LogP contribution < -0.4 is 14.8 Å². The molecule has 11 heteroatoms. The molecule has 0 aliphatic carbocycles. The second kappa shape index (κ2) is 13.7. The number of anilines is 1. The molecule has 206 valence electrons. The molecule has 3 amide bonds. The second-order valence-electron chi connectivity index (χ2n) is 8.28. The Morgan fingerprint density at radius 1 is 0.975 bits per heavy atom. The van der Waals surface area contributed by atoms with E-state index in [1.165, 1.54) is 18.2 Å². The Kier molecular flexibility index (Phi) is 9.82. The molecule has 9 nitrogen and oxygen atoms in total. The Morgan fingerprint density at radius 3 is 2.48 bits per heavy atom. The third kappa shape index (κ3) is 7.43. The SMILES string of the molecule is CCOC(=O)c1cc(NC(=O)CN2C(=O)S/C(=C/c3ccccc3OCCOc3ccccc3)C2=O)ccc1Cl. The molecule has 1 aliphatic rings. The first-order valence-corrected chi connectivity index (χ1v) is 13.5. The monoisotopic (exact) mass is 580 g/mol. The van der Waals surface area contributed by atoms with Gasteiger partial charge in [0.15, 0.2) is 0 Å². The minimum absolute atomic E-state index is 0.0860. The van der Waals surface area contributed by atoms with Gasteiger partial charge in [-0.25, -0.2) is 4.79 Å². The summed E-state index contributed by atoms with van der Waals surface area (Å²) in [7, 11) is 0. The highest BCUT2D eigenvalue weighted by molar-refractivity contribution is 8.18. The maximum atomic E-state index is 13.0. The number of carbonyl (C=O) groups is 4. The molecule has 3 aromatic carbocycles. The predicted octanol–water partition coefficient (Wildman–Crippen LogP) is 5.65. The summed E-state index contributed by atoms with van der Waals surface area (Å²) in [6.07, 6.45) is 1.56. The van der Waals surface area contributed by atoms with Crippen molar-refractivity contribution >= 4 is 58.1 Å². The van der Waals surface area contributed by atoms with E-state index in [9.17, 15) is 19.2 Å². The normalized spacial score (nSPS) is 13.8. The molecule has 0 atom stereocenters. The van der Waals surface area contributed by atoms with Gasteiger partial charge in [0.25, 0.3) is 11.1 Å². The summed E-state index contributed by atoms with van der Waals surface area (Å²) in [6, 6.07) is 20.8. The first kappa shape index (κ1) is 28.7. The van der Waals surface area contributed by atoms with Crippen molar-refractivity contribution in [3.05, 3.63) is 93.9 Å². The standard InChI is InChI=1S/C29H25ClN2O7S/c1-2-37-28(35)22-17-20(12-13-23(22)30)31-26(33)18-32-27(34)25(40-29(32)36)16-19-8-6-7-11-24(19)39-15-14-38-21-9-4-3-5-10-21/h3-13,16-17H,2,14-15,18H2,1H3,(H,31,33)/b25-16+. The van der Waals surface area contributed by atoms with Crippen LogP contribution in [0.15, 0.2) is 77.7 Å². The first-order chi connectivity index (χ1) is 19.4. The summed E-state index contributed by atoms with van der Waals surface area (Å²) >= 11 is 6.79. The largest absolute Gasteiger partial charge is 0.490 e. The molecule has 4 rings (SSSR count). The molecule has 0 radical (unpaired) electrons. The number of rotatable bonds is 11. The van der Waals surface area contributed by atoms with E-state index in [2.05, 4.69) is 5.32 Å². The molecule has 1 N–H and O–H groups in total. The number of esters is 1. The number of nitrogens with zero attached hydrogens (tertiary/aromatic N) is 1. The summed E-state index contributed by atoms with van der Waals surface area (Å²) in [5.41, 5.74) is 0.954. The third-order valence-electron chi connectivity index (χ3n) is 5.48. The zero-order valence-electron chi connectivity index (χ0n) is 21.4. The zero-order valence-corrected chi connectivity index (χ0v) is 23.0. The Morgan fingerprint density at radius 2 is 1.70 bits per heavy atom. The van der Waals surface area contributed by atoms with Crippen LogP contribution in [0.25, 0.3) is 6.08 Å². The van der Waals surface area contributed by atoms with Gasteiger partial charge < -0.3 is 19.5 Å². The number of amides is 3. The molecule has 1 heterocycles. The van der Waals surface area contributed by atoms with E-state index in [0.717, 1.165) is 22.4 Å². The maximum Gasteiger partial charge on any atom is 0.339 e. The van der Waals surface area contributed by atoms with Gasteiger partial charge in [0, 0.05) is 11.3 Å². The molecule has 0 unspecified atom stereocenters. The number of carbonyl (C=O) groups excluding carboxylic acids is 4. The van der Waals surface area contributed by atoms with Crippen LogP contribution in [0.2, 0.25) is 5.02 Å². The van der Waals surface area contributed by atoms with E-state index in [4.69, 9.17) is 25.8 Å². The van der Waals surface area contributed by atoms with Crippen molar-refractivity contribution in [1.29, 1.82) is 0 Å². The van der Waals surface area contributed by atoms with Crippen molar-refractivity contribution in [2.24, 2.45) is 0 Å². The van der Waals surface area contributed by atoms with Crippen LogP contribution in [0.3, 0.4) is 0 Å². The Hall–Kier alpha value is -4.28. The van der Waals surface area contributed by atoms with Gasteiger partial charge in [0.2, 0.25) is 5.91 Å². The van der Waals surface area contributed by atoms with Crippen LogP contribution in [0.4, 0.5) is 10.5 Å². The fourth-order valence-corrected chi connectivity index (χ4v) is 4.67. The number of thioether (sulfide) groups is 1. The number of benzene rings is 3. The number of imide groups is 1. The van der Waals surface area contributed by atoms with Crippen molar-refractivity contribution in [1.82, 2.24) is 4.90 Å². The van der Waals surface area contributed by atoms with E-state index in [-0.39, 0.29) is 34.4 Å². The first-order valence-electron chi connectivity index (χ1n) is 12.3. The lowest BCUT2D eigenvalue weighted by Gasteiger charge is -2.13. The van der Waals surface area contributed by atoms with E-state index < -0.39 is 29.6 Å². The number of hydrogen-bond donors (Lipinski definition) is 1. The van der Waals surface area contributed by atoms with Gasteiger partial charge in [-0.1, -0.05) is 48.0 Å². The van der Waals surface area contributed by atoms with Crippen LogP contribution in [0, 0.1) is 0 Å². The van der Waals surface area contributed by atoms with E-state index >= 15 is 0 Å². The predicted molar refractivity (Wildman–Crippen MR) is 153 cm³/mol. The molecule has 0 bridgehead atoms. The minimum atomic E-state index is -0.632. The highest BCUT2D eigenvalue weighted by Crippen LogP contribution is 2.34. The molecule has 40 heavy (non-hydrogen) atoms. The smallest absolute Gasteiger partial charge is 0.339 e. The number of hydrogen-bond acceptors (Lipinski definition) is 8. The van der Waals surface area contributed by atoms with Crippen LogP contribution in [0.5, 0.6) is 11.5 Å². The van der Waals surface area contributed by atoms with Crippen LogP contribution in [0.1, 0.15) is 22.8 Å². The van der Waals surface area contributed by atoms with Crippen LogP contribution in [-0.4, -0.2) is 54.3 Å². The van der Waals surface area contributed by atoms with Crippen molar-refractivity contribution in [3.63, 3.8) is 0 Å². The molecule has 0 saturated carbocycles. The summed E-state index contributed by atoms with van der Waals surface area (Å²) in [5, 5.41) is 2.16. The Bertz CT molecular complexity index is 1450. The highest BCUT2D eigenvalue weighted by Gasteiger charge is 2.36. The van der Waals surface area contributed by atoms with Gasteiger partial charge in [-0.05, 0) is 61.2 Å². The molecule has 1 aliphatic heterocycles. The maximum absolute atomic E-state index is 13.0. The molecule has 1 saturated heterocycles. The van der Waals surface area contributed by atoms with Crippen molar-refractivity contribution in [2.45, 2.75) is 6.92 Å². The average molecular weight is 581 g/mol. The van der Waals surface area contributed by atoms with Crippen LogP contribution >= 0.6 is 23.4 Å². The second-order valence-corrected chi connectivity index (χ2v) is 9.68. The molecular formula is C29H25ClN2O7S. The fourth-order valence-electron chi connectivity index (χ4n) is 3.65. The van der Waals surface area contributed by atoms with E-state index in [0.29, 0.717) is 17.9 Å². The number of halogens is 1. The van der Waals surface area contributed by atoms with Crippen molar-refractivity contribution < 1.29 is 33.4 Å². The summed E-state index contributed by atoms with van der Waals surface area (Å²) < 4.78 is 16.4. The average Bonchev–Trinajstić information content (AvgIpc) is 3.20. The zero-order chi connectivity index (χ0) is 28.5. The minimum Gasteiger partial charge on any atom is -0.490 e. The summed E-state index contributed by atoms with van der Waals surface area (Å²) in [6.45, 7) is 1.91. The van der Waals surface area contributed by atoms with Gasteiger partial charge in [-0.15, -0.1) is 0 Å². The Labute approximate surface area is 240 Å². The Balaban J connectivity index is 1.37. The van der Waals surface area contributed by atoms with Gasteiger partial charge in [-0.3, -0.25) is 19.3 Å². The lowest BCUT2D eigenvalue weighted by molar-refractivity contribution is -0.127. The number of nitrogens with one attached hydrogen (secondary N) is 1. The quantitative estimate of drug-likeness (QED) is 0.176. The molecular weight excluding hydrogens is 556 g/mol. The molecule has 1 fully saturated rings. The van der Waals surface area contributed by atoms with Gasteiger partial charge in [0.1, 0.15) is 31.3 Å². The van der Waals surface area contributed by atoms with Gasteiger partial charge >= 0.3 is 5.97 Å². The highest BCUT2D eigenvalue weighted by atomic mass is 35.5. The summed E-state index contributed by atoms with van der Waals surface area (Å²) in [5.74, 6) is -0.609.